The van der Waals surface area contributed by atoms with Gasteiger partial charge in [0.2, 0.25) is 0 Å². The number of hydrogen-bond acceptors (Lipinski definition) is 4. The van der Waals surface area contributed by atoms with E-state index in [9.17, 15) is 0 Å². The molecular weight excluding hydrogens is 320 g/mol. The molecule has 2 aromatic rings. The van der Waals surface area contributed by atoms with Crippen molar-refractivity contribution in [3.8, 4) is 5.75 Å². The highest BCUT2D eigenvalue weighted by Crippen LogP contribution is 2.17. The Hall–Kier alpha value is -2.18. The quantitative estimate of drug-likeness (QED) is 0.753. The Morgan fingerprint density at radius 2 is 2.00 bits per heavy atom. The number of likely N-dealkylation sites (N-methyl/N-ethyl adjacent to an activating group) is 1. The van der Waals surface area contributed by atoms with Gasteiger partial charge in [-0.3, -0.25) is 4.98 Å². The van der Waals surface area contributed by atoms with Crippen molar-refractivity contribution in [1.29, 1.82) is 0 Å². The fourth-order valence-corrected chi connectivity index (χ4v) is 2.54. The molecule has 1 aromatic heterocycles. The van der Waals surface area contributed by atoms with Gasteiger partial charge in [0.25, 0.3) is 0 Å². The summed E-state index contributed by atoms with van der Waals surface area (Å²) in [6, 6.07) is 12.0. The molecule has 128 valence electrons. The number of nitrogens with one attached hydrogen (secondary N) is 2. The second-order valence-corrected chi connectivity index (χ2v) is 5.97. The minimum atomic E-state index is 0.193. The van der Waals surface area contributed by atoms with Crippen LogP contribution in [0.1, 0.15) is 18.5 Å². The number of benzene rings is 1. The molecule has 0 bridgehead atoms. The van der Waals surface area contributed by atoms with E-state index in [4.69, 9.17) is 17.0 Å². The summed E-state index contributed by atoms with van der Waals surface area (Å²) >= 11 is 5.39. The van der Waals surface area contributed by atoms with E-state index < -0.39 is 0 Å². The van der Waals surface area contributed by atoms with Gasteiger partial charge in [-0.2, -0.15) is 0 Å². The molecule has 1 atom stereocenters. The van der Waals surface area contributed by atoms with Gasteiger partial charge in [-0.15, -0.1) is 0 Å². The highest BCUT2D eigenvalue weighted by atomic mass is 32.1. The zero-order valence-corrected chi connectivity index (χ0v) is 15.1. The maximum absolute atomic E-state index is 5.43. The Balaban J connectivity index is 1.89. The summed E-state index contributed by atoms with van der Waals surface area (Å²) in [6.07, 6.45) is 3.66. The van der Waals surface area contributed by atoms with Crippen LogP contribution < -0.4 is 15.4 Å². The molecule has 0 saturated carbocycles. The number of anilines is 1. The van der Waals surface area contributed by atoms with Gasteiger partial charge in [-0.25, -0.2) is 0 Å². The number of aromatic nitrogens is 1. The Bertz CT molecular complexity index is 631. The van der Waals surface area contributed by atoms with Gasteiger partial charge in [0.05, 0.1) is 12.6 Å². The second-order valence-electron chi connectivity index (χ2n) is 5.56. The Morgan fingerprint density at radius 1 is 1.25 bits per heavy atom. The standard InChI is InChI=1S/C18H24N4OS/c1-4-23-16-9-7-15(8-10-16)21-18(24)20-13-17(22(2)3)14-6-5-11-19-12-14/h5-12,17H,4,13H2,1-3H3,(H2,20,21,24)/t17-/m1/s1. The van der Waals surface area contributed by atoms with Crippen LogP contribution in [-0.2, 0) is 0 Å². The molecule has 1 aromatic carbocycles. The lowest BCUT2D eigenvalue weighted by Crippen LogP contribution is -2.36. The van der Waals surface area contributed by atoms with Crippen LogP contribution in [0.5, 0.6) is 5.75 Å². The average Bonchev–Trinajstić information content (AvgIpc) is 2.58. The van der Waals surface area contributed by atoms with Crippen LogP contribution in [-0.4, -0.2) is 42.2 Å². The SMILES string of the molecule is CCOc1ccc(NC(=S)NC[C@H](c2cccnc2)N(C)C)cc1. The molecule has 0 aliphatic carbocycles. The van der Waals surface area contributed by atoms with Crippen molar-refractivity contribution < 1.29 is 4.74 Å². The second kappa shape index (κ2) is 9.20. The molecule has 1 heterocycles. The van der Waals surface area contributed by atoms with E-state index in [0.29, 0.717) is 18.3 Å². The predicted molar refractivity (Wildman–Crippen MR) is 102 cm³/mol. The van der Waals surface area contributed by atoms with Crippen LogP contribution in [0.25, 0.3) is 0 Å². The molecule has 0 spiro atoms. The molecule has 2 N–H and O–H groups in total. The molecule has 0 fully saturated rings. The van der Waals surface area contributed by atoms with E-state index in [-0.39, 0.29) is 6.04 Å². The highest BCUT2D eigenvalue weighted by molar-refractivity contribution is 7.80. The zero-order chi connectivity index (χ0) is 17.4. The minimum absolute atomic E-state index is 0.193. The molecule has 0 aliphatic rings. The van der Waals surface area contributed by atoms with Crippen molar-refractivity contribution in [3.63, 3.8) is 0 Å². The van der Waals surface area contributed by atoms with Crippen molar-refractivity contribution in [2.45, 2.75) is 13.0 Å². The fraction of sp³-hybridized carbons (Fsp3) is 0.333. The van der Waals surface area contributed by atoms with Gasteiger partial charge in [-0.1, -0.05) is 6.07 Å². The molecule has 24 heavy (non-hydrogen) atoms. The summed E-state index contributed by atoms with van der Waals surface area (Å²) in [5, 5.41) is 7.05. The number of thiocarbonyl (C=S) groups is 1. The summed E-state index contributed by atoms with van der Waals surface area (Å²) in [6.45, 7) is 3.32. The number of rotatable bonds is 7. The topological polar surface area (TPSA) is 49.4 Å². The summed E-state index contributed by atoms with van der Waals surface area (Å²) in [5.41, 5.74) is 2.08. The molecule has 5 nitrogen and oxygen atoms in total. The van der Waals surface area contributed by atoms with Gasteiger partial charge in [0.1, 0.15) is 5.75 Å². The first kappa shape index (κ1) is 18.2. The molecule has 0 saturated heterocycles. The summed E-state index contributed by atoms with van der Waals surface area (Å²) in [5.74, 6) is 0.853. The zero-order valence-electron chi connectivity index (χ0n) is 14.3. The molecule has 0 aliphatic heterocycles. The molecule has 0 amide bonds. The van der Waals surface area contributed by atoms with E-state index in [0.717, 1.165) is 17.0 Å². The van der Waals surface area contributed by atoms with Crippen molar-refractivity contribution >= 4 is 23.0 Å². The Morgan fingerprint density at radius 3 is 2.58 bits per heavy atom. The largest absolute Gasteiger partial charge is 0.494 e. The highest BCUT2D eigenvalue weighted by Gasteiger charge is 2.14. The van der Waals surface area contributed by atoms with Gasteiger partial charge in [-0.05, 0) is 69.1 Å². The molecule has 6 heteroatoms. The lowest BCUT2D eigenvalue weighted by molar-refractivity contribution is 0.298. The van der Waals surface area contributed by atoms with E-state index in [1.165, 1.54) is 0 Å². The van der Waals surface area contributed by atoms with E-state index in [1.807, 2.05) is 57.5 Å². The predicted octanol–water partition coefficient (Wildman–Crippen LogP) is 3.07. The summed E-state index contributed by atoms with van der Waals surface area (Å²) in [7, 11) is 4.09. The first-order valence-electron chi connectivity index (χ1n) is 7.94. The molecular formula is C18H24N4OS. The van der Waals surface area contributed by atoms with E-state index >= 15 is 0 Å². The number of ether oxygens (including phenoxy) is 1. The summed E-state index contributed by atoms with van der Waals surface area (Å²) in [4.78, 5) is 6.33. The number of pyridine rings is 1. The van der Waals surface area contributed by atoms with E-state index in [2.05, 4.69) is 26.6 Å². The summed E-state index contributed by atoms with van der Waals surface area (Å²) < 4.78 is 5.43. The fourth-order valence-electron chi connectivity index (χ4n) is 2.34. The van der Waals surface area contributed by atoms with Crippen LogP contribution in [0.3, 0.4) is 0 Å². The molecule has 0 radical (unpaired) electrons. The number of nitrogens with zero attached hydrogens (tertiary/aromatic N) is 2. The minimum Gasteiger partial charge on any atom is -0.494 e. The van der Waals surface area contributed by atoms with Crippen LogP contribution in [0, 0.1) is 0 Å². The monoisotopic (exact) mass is 344 g/mol. The maximum Gasteiger partial charge on any atom is 0.170 e. The van der Waals surface area contributed by atoms with Crippen LogP contribution in [0.4, 0.5) is 5.69 Å². The van der Waals surface area contributed by atoms with Crippen molar-refractivity contribution in [3.05, 3.63) is 54.4 Å². The lowest BCUT2D eigenvalue weighted by Gasteiger charge is -2.25. The average molecular weight is 344 g/mol. The third-order valence-electron chi connectivity index (χ3n) is 3.57. The van der Waals surface area contributed by atoms with Crippen molar-refractivity contribution in [2.75, 3.05) is 32.6 Å². The smallest absolute Gasteiger partial charge is 0.170 e. The van der Waals surface area contributed by atoms with Crippen LogP contribution in [0.15, 0.2) is 48.8 Å². The lowest BCUT2D eigenvalue weighted by atomic mass is 10.1. The van der Waals surface area contributed by atoms with Crippen molar-refractivity contribution in [1.82, 2.24) is 15.2 Å². The van der Waals surface area contributed by atoms with Gasteiger partial charge < -0.3 is 20.3 Å². The molecule has 0 unspecified atom stereocenters. The van der Waals surface area contributed by atoms with Gasteiger partial charge in [0.15, 0.2) is 5.11 Å². The van der Waals surface area contributed by atoms with Gasteiger partial charge >= 0.3 is 0 Å². The Labute approximate surface area is 149 Å². The van der Waals surface area contributed by atoms with E-state index in [1.54, 1.807) is 6.20 Å². The third kappa shape index (κ3) is 5.47. The first-order chi connectivity index (χ1) is 11.6. The molecule has 2 rings (SSSR count). The van der Waals surface area contributed by atoms with Crippen LogP contribution >= 0.6 is 12.2 Å². The first-order valence-corrected chi connectivity index (χ1v) is 8.35. The Kier molecular flexibility index (Phi) is 6.96. The number of hydrogen-bond donors (Lipinski definition) is 2. The maximum atomic E-state index is 5.43. The third-order valence-corrected chi connectivity index (χ3v) is 3.82. The van der Waals surface area contributed by atoms with Crippen molar-refractivity contribution in [2.24, 2.45) is 0 Å². The van der Waals surface area contributed by atoms with Gasteiger partial charge in [0, 0.05) is 24.6 Å². The van der Waals surface area contributed by atoms with Crippen LogP contribution in [0.2, 0.25) is 0 Å². The normalized spacial score (nSPS) is 11.8.